The Labute approximate surface area is 110 Å². The van der Waals surface area contributed by atoms with Crippen LogP contribution in [-0.4, -0.2) is 26.7 Å². The summed E-state index contributed by atoms with van der Waals surface area (Å²) in [6.07, 6.45) is 2.67. The molecule has 0 radical (unpaired) electrons. The molecular weight excluding hydrogens is 308 g/mol. The quantitative estimate of drug-likeness (QED) is 0.940. The van der Waals surface area contributed by atoms with Gasteiger partial charge in [-0.15, -0.1) is 5.10 Å². The van der Waals surface area contributed by atoms with Crippen LogP contribution in [0.2, 0.25) is 0 Å². The first kappa shape index (κ1) is 13.1. The van der Waals surface area contributed by atoms with Crippen LogP contribution in [0.5, 0.6) is 0 Å². The topological polar surface area (TPSA) is 50.9 Å². The van der Waals surface area contributed by atoms with Crippen LogP contribution in [-0.2, 0) is 6.42 Å². The number of aliphatic hydroxyl groups is 1. The Bertz CT molecular complexity index is 536. The molecule has 2 aromatic rings. The number of benzene rings is 1. The molecule has 1 aromatic heterocycles. The highest BCUT2D eigenvalue weighted by Crippen LogP contribution is 2.25. The Balaban J connectivity index is 2.34. The predicted octanol–water partition coefficient (Wildman–Crippen LogP) is 2.23. The van der Waals surface area contributed by atoms with Crippen LogP contribution in [0.15, 0.2) is 22.8 Å². The number of nitrogens with zero attached hydrogens (tertiary/aromatic N) is 3. The summed E-state index contributed by atoms with van der Waals surface area (Å²) in [6, 6.07) is 1.95. The van der Waals surface area contributed by atoms with Crippen LogP contribution >= 0.6 is 15.9 Å². The van der Waals surface area contributed by atoms with E-state index >= 15 is 0 Å². The predicted molar refractivity (Wildman–Crippen MR) is 64.4 cm³/mol. The minimum atomic E-state index is -0.722. The van der Waals surface area contributed by atoms with Gasteiger partial charge in [0.2, 0.25) is 0 Å². The van der Waals surface area contributed by atoms with Crippen molar-refractivity contribution in [2.45, 2.75) is 12.8 Å². The summed E-state index contributed by atoms with van der Waals surface area (Å²) in [4.78, 5) is 0. The van der Waals surface area contributed by atoms with E-state index in [1.165, 1.54) is 4.68 Å². The van der Waals surface area contributed by atoms with Gasteiger partial charge < -0.3 is 5.11 Å². The molecule has 0 spiro atoms. The van der Waals surface area contributed by atoms with E-state index in [9.17, 15) is 8.78 Å². The standard InChI is InChI=1S/C11H10BrF2N3O/c12-9-4-7(13)5-10(14)11(9)17-6-8(15-16-17)2-1-3-18/h4-6,18H,1-3H2. The summed E-state index contributed by atoms with van der Waals surface area (Å²) < 4.78 is 28.1. The molecule has 0 aliphatic rings. The van der Waals surface area contributed by atoms with E-state index in [0.29, 0.717) is 18.5 Å². The summed E-state index contributed by atoms with van der Waals surface area (Å²) >= 11 is 3.09. The van der Waals surface area contributed by atoms with Crippen molar-refractivity contribution in [2.24, 2.45) is 0 Å². The third-order valence-electron chi connectivity index (χ3n) is 2.34. The second kappa shape index (κ2) is 5.53. The third-order valence-corrected chi connectivity index (χ3v) is 2.95. The van der Waals surface area contributed by atoms with E-state index < -0.39 is 11.6 Å². The van der Waals surface area contributed by atoms with Gasteiger partial charge in [0, 0.05) is 17.1 Å². The average molecular weight is 318 g/mol. The van der Waals surface area contributed by atoms with Gasteiger partial charge in [-0.3, -0.25) is 0 Å². The number of halogens is 3. The molecule has 0 saturated heterocycles. The molecule has 0 saturated carbocycles. The molecule has 18 heavy (non-hydrogen) atoms. The second-order valence-electron chi connectivity index (χ2n) is 3.70. The maximum atomic E-state index is 13.7. The van der Waals surface area contributed by atoms with Crippen LogP contribution < -0.4 is 0 Å². The first-order chi connectivity index (χ1) is 8.61. The minimum absolute atomic E-state index is 0.0570. The zero-order valence-corrected chi connectivity index (χ0v) is 10.9. The number of aliphatic hydroxyl groups excluding tert-OH is 1. The monoisotopic (exact) mass is 317 g/mol. The van der Waals surface area contributed by atoms with E-state index in [0.717, 1.165) is 12.1 Å². The molecule has 1 heterocycles. The molecule has 0 atom stereocenters. The fourth-order valence-corrected chi connectivity index (χ4v) is 2.13. The van der Waals surface area contributed by atoms with E-state index in [-0.39, 0.29) is 16.8 Å². The van der Waals surface area contributed by atoms with Crippen molar-refractivity contribution >= 4 is 15.9 Å². The SMILES string of the molecule is OCCCc1cn(-c2c(F)cc(F)cc2Br)nn1. The summed E-state index contributed by atoms with van der Waals surface area (Å²) in [7, 11) is 0. The molecule has 0 bridgehead atoms. The maximum Gasteiger partial charge on any atom is 0.152 e. The summed E-state index contributed by atoms with van der Waals surface area (Å²) in [5, 5.41) is 16.3. The van der Waals surface area contributed by atoms with Gasteiger partial charge in [0.25, 0.3) is 0 Å². The van der Waals surface area contributed by atoms with Crippen molar-refractivity contribution < 1.29 is 13.9 Å². The van der Waals surface area contributed by atoms with Crippen molar-refractivity contribution in [1.82, 2.24) is 15.0 Å². The highest BCUT2D eigenvalue weighted by Gasteiger charge is 2.13. The van der Waals surface area contributed by atoms with Crippen LogP contribution in [0, 0.1) is 11.6 Å². The lowest BCUT2D eigenvalue weighted by Crippen LogP contribution is -2.01. The molecule has 0 unspecified atom stereocenters. The molecule has 0 aliphatic heterocycles. The summed E-state index contributed by atoms with van der Waals surface area (Å²) in [5.41, 5.74) is 0.749. The summed E-state index contributed by atoms with van der Waals surface area (Å²) in [6.45, 7) is 0.0570. The van der Waals surface area contributed by atoms with Crippen molar-refractivity contribution in [2.75, 3.05) is 6.61 Å². The fraction of sp³-hybridized carbons (Fsp3) is 0.273. The Kier molecular flexibility index (Phi) is 4.03. The number of rotatable bonds is 4. The Morgan fingerprint density at radius 1 is 1.33 bits per heavy atom. The molecule has 4 nitrogen and oxygen atoms in total. The van der Waals surface area contributed by atoms with Gasteiger partial charge in [-0.05, 0) is 34.8 Å². The van der Waals surface area contributed by atoms with Gasteiger partial charge in [0.05, 0.1) is 11.9 Å². The number of aryl methyl sites for hydroxylation is 1. The molecule has 1 aromatic carbocycles. The van der Waals surface area contributed by atoms with E-state index in [2.05, 4.69) is 26.2 Å². The van der Waals surface area contributed by atoms with E-state index in [1.54, 1.807) is 6.20 Å². The summed E-state index contributed by atoms with van der Waals surface area (Å²) in [5.74, 6) is -1.38. The Hall–Kier alpha value is -1.34. The van der Waals surface area contributed by atoms with Gasteiger partial charge in [-0.25, -0.2) is 13.5 Å². The van der Waals surface area contributed by atoms with Crippen molar-refractivity contribution in [3.8, 4) is 5.69 Å². The Morgan fingerprint density at radius 3 is 2.78 bits per heavy atom. The average Bonchev–Trinajstić information content (AvgIpc) is 2.73. The van der Waals surface area contributed by atoms with Gasteiger partial charge >= 0.3 is 0 Å². The zero-order valence-electron chi connectivity index (χ0n) is 9.28. The first-order valence-corrected chi connectivity index (χ1v) is 6.08. The Morgan fingerprint density at radius 2 is 2.11 bits per heavy atom. The number of hydrogen-bond acceptors (Lipinski definition) is 3. The maximum absolute atomic E-state index is 13.7. The van der Waals surface area contributed by atoms with E-state index in [1.807, 2.05) is 0 Å². The number of hydrogen-bond donors (Lipinski definition) is 1. The highest BCUT2D eigenvalue weighted by atomic mass is 79.9. The van der Waals surface area contributed by atoms with Gasteiger partial charge in [0.15, 0.2) is 5.82 Å². The molecule has 0 amide bonds. The zero-order chi connectivity index (χ0) is 13.1. The molecular formula is C11H10BrF2N3O. The van der Waals surface area contributed by atoms with Crippen molar-refractivity contribution in [3.05, 3.63) is 40.1 Å². The van der Waals surface area contributed by atoms with Crippen molar-refractivity contribution in [3.63, 3.8) is 0 Å². The van der Waals surface area contributed by atoms with Gasteiger partial charge in [0.1, 0.15) is 11.5 Å². The molecule has 1 N–H and O–H groups in total. The first-order valence-electron chi connectivity index (χ1n) is 5.29. The third kappa shape index (κ3) is 2.73. The fourth-order valence-electron chi connectivity index (χ4n) is 1.54. The molecule has 96 valence electrons. The van der Waals surface area contributed by atoms with Gasteiger partial charge in [-0.1, -0.05) is 5.21 Å². The van der Waals surface area contributed by atoms with E-state index in [4.69, 9.17) is 5.11 Å². The van der Waals surface area contributed by atoms with Crippen LogP contribution in [0.3, 0.4) is 0 Å². The lowest BCUT2D eigenvalue weighted by molar-refractivity contribution is 0.288. The van der Waals surface area contributed by atoms with Crippen molar-refractivity contribution in [1.29, 1.82) is 0 Å². The number of aromatic nitrogens is 3. The molecule has 0 fully saturated rings. The van der Waals surface area contributed by atoms with Crippen LogP contribution in [0.25, 0.3) is 5.69 Å². The van der Waals surface area contributed by atoms with Crippen LogP contribution in [0.4, 0.5) is 8.78 Å². The van der Waals surface area contributed by atoms with Crippen LogP contribution in [0.1, 0.15) is 12.1 Å². The lowest BCUT2D eigenvalue weighted by Gasteiger charge is -2.05. The minimum Gasteiger partial charge on any atom is -0.396 e. The molecule has 7 heteroatoms. The largest absolute Gasteiger partial charge is 0.396 e. The molecule has 0 aliphatic carbocycles. The van der Waals surface area contributed by atoms with Gasteiger partial charge in [-0.2, -0.15) is 0 Å². The molecule has 2 rings (SSSR count). The second-order valence-corrected chi connectivity index (χ2v) is 4.55. The lowest BCUT2D eigenvalue weighted by atomic mass is 10.2. The smallest absolute Gasteiger partial charge is 0.152 e. The highest BCUT2D eigenvalue weighted by molar-refractivity contribution is 9.10. The normalized spacial score (nSPS) is 10.9.